The molecule has 132 valence electrons. The summed E-state index contributed by atoms with van der Waals surface area (Å²) in [7, 11) is -4.18. The van der Waals surface area contributed by atoms with E-state index in [2.05, 4.69) is 14.7 Å². The highest BCUT2D eigenvalue weighted by Gasteiger charge is 2.21. The monoisotopic (exact) mass is 365 g/mol. The summed E-state index contributed by atoms with van der Waals surface area (Å²) in [6.07, 6.45) is 0. The van der Waals surface area contributed by atoms with Crippen molar-refractivity contribution in [3.05, 3.63) is 53.9 Å². The van der Waals surface area contributed by atoms with Gasteiger partial charge in [-0.3, -0.25) is 4.72 Å². The molecule has 1 aromatic heterocycles. The Morgan fingerprint density at radius 2 is 1.80 bits per heavy atom. The summed E-state index contributed by atoms with van der Waals surface area (Å²) in [6.45, 7) is 6.02. The molecular formula is C17H17F2N3O2S. The highest BCUT2D eigenvalue weighted by Crippen LogP contribution is 2.26. The van der Waals surface area contributed by atoms with Gasteiger partial charge in [-0.1, -0.05) is 20.8 Å². The molecule has 3 rings (SSSR count). The van der Waals surface area contributed by atoms with E-state index < -0.39 is 26.6 Å². The second kappa shape index (κ2) is 5.80. The van der Waals surface area contributed by atoms with E-state index in [1.807, 2.05) is 20.8 Å². The number of halogens is 2. The topological polar surface area (TPSA) is 74.8 Å². The Hall–Kier alpha value is -2.48. The summed E-state index contributed by atoms with van der Waals surface area (Å²) in [5.74, 6) is -1.22. The van der Waals surface area contributed by atoms with Gasteiger partial charge in [-0.2, -0.15) is 0 Å². The molecular weight excluding hydrogens is 348 g/mol. The maximum absolute atomic E-state index is 13.8. The third-order valence-electron chi connectivity index (χ3n) is 3.63. The van der Waals surface area contributed by atoms with Crippen molar-refractivity contribution in [2.24, 2.45) is 0 Å². The molecule has 0 unspecified atom stereocenters. The van der Waals surface area contributed by atoms with Crippen LogP contribution in [0.1, 0.15) is 26.6 Å². The van der Waals surface area contributed by atoms with Gasteiger partial charge in [0.1, 0.15) is 22.4 Å². The minimum atomic E-state index is -4.18. The number of aromatic amines is 1. The Labute approximate surface area is 144 Å². The van der Waals surface area contributed by atoms with Crippen molar-refractivity contribution in [2.75, 3.05) is 4.72 Å². The van der Waals surface area contributed by atoms with Gasteiger partial charge in [-0.15, -0.1) is 0 Å². The molecule has 5 nitrogen and oxygen atoms in total. The molecule has 0 aliphatic carbocycles. The highest BCUT2D eigenvalue weighted by molar-refractivity contribution is 7.92. The largest absolute Gasteiger partial charge is 0.341 e. The number of hydrogen-bond donors (Lipinski definition) is 2. The van der Waals surface area contributed by atoms with Gasteiger partial charge in [0.2, 0.25) is 0 Å². The van der Waals surface area contributed by atoms with Gasteiger partial charge < -0.3 is 4.98 Å². The molecule has 0 aliphatic heterocycles. The fourth-order valence-electron chi connectivity index (χ4n) is 2.33. The molecule has 0 radical (unpaired) electrons. The zero-order chi connectivity index (χ0) is 18.4. The summed E-state index contributed by atoms with van der Waals surface area (Å²) >= 11 is 0. The number of nitrogens with zero attached hydrogens (tertiary/aromatic N) is 1. The van der Waals surface area contributed by atoms with Crippen molar-refractivity contribution in [1.29, 1.82) is 0 Å². The van der Waals surface area contributed by atoms with Crippen LogP contribution in [-0.2, 0) is 15.4 Å². The minimum Gasteiger partial charge on any atom is -0.341 e. The van der Waals surface area contributed by atoms with Crippen LogP contribution in [-0.4, -0.2) is 18.4 Å². The van der Waals surface area contributed by atoms with Crippen molar-refractivity contribution in [3.8, 4) is 0 Å². The lowest BCUT2D eigenvalue weighted by Gasteiger charge is -2.13. The molecule has 25 heavy (non-hydrogen) atoms. The first-order valence-electron chi connectivity index (χ1n) is 7.54. The maximum atomic E-state index is 13.8. The van der Waals surface area contributed by atoms with Crippen LogP contribution >= 0.6 is 0 Å². The molecule has 1 heterocycles. The first-order valence-corrected chi connectivity index (χ1v) is 9.03. The summed E-state index contributed by atoms with van der Waals surface area (Å²) < 4.78 is 53.7. The number of sulfonamides is 1. The molecule has 0 saturated carbocycles. The van der Waals surface area contributed by atoms with Crippen molar-refractivity contribution in [3.63, 3.8) is 0 Å². The number of rotatable bonds is 3. The Morgan fingerprint density at radius 1 is 1.08 bits per heavy atom. The van der Waals surface area contributed by atoms with Gasteiger partial charge in [0.15, 0.2) is 0 Å². The van der Waals surface area contributed by atoms with E-state index in [4.69, 9.17) is 0 Å². The number of aromatic nitrogens is 2. The third-order valence-corrected chi connectivity index (χ3v) is 5.04. The molecule has 0 bridgehead atoms. The molecule has 2 N–H and O–H groups in total. The number of hydrogen-bond acceptors (Lipinski definition) is 3. The Bertz CT molecular complexity index is 1050. The molecule has 0 spiro atoms. The lowest BCUT2D eigenvalue weighted by atomic mass is 9.96. The van der Waals surface area contributed by atoms with Gasteiger partial charge in [-0.05, 0) is 30.3 Å². The minimum absolute atomic E-state index is 0.185. The second-order valence-corrected chi connectivity index (χ2v) is 8.40. The first kappa shape index (κ1) is 17.3. The zero-order valence-corrected chi connectivity index (χ0v) is 14.7. The van der Waals surface area contributed by atoms with Gasteiger partial charge in [0.25, 0.3) is 10.0 Å². The lowest BCUT2D eigenvalue weighted by Crippen LogP contribution is -2.14. The van der Waals surface area contributed by atoms with Gasteiger partial charge in [0.05, 0.1) is 16.7 Å². The molecule has 8 heteroatoms. The number of anilines is 1. The van der Waals surface area contributed by atoms with Crippen LogP contribution in [0.4, 0.5) is 14.5 Å². The number of imidazole rings is 1. The standard InChI is InChI=1S/C17H17F2N3O2S/c1-17(2,3)16-20-13-6-5-11(9-14(13)21-16)22-25(23,24)15-7-4-10(18)8-12(15)19/h4-9,22H,1-3H3,(H,20,21). The summed E-state index contributed by atoms with van der Waals surface area (Å²) in [6, 6.07) is 7.10. The normalized spacial score (nSPS) is 12.5. The van der Waals surface area contributed by atoms with E-state index in [1.54, 1.807) is 12.1 Å². The molecule has 0 aliphatic rings. The van der Waals surface area contributed by atoms with Crippen molar-refractivity contribution >= 4 is 26.7 Å². The van der Waals surface area contributed by atoms with Crippen LogP contribution in [0.25, 0.3) is 11.0 Å². The zero-order valence-electron chi connectivity index (χ0n) is 13.9. The average molecular weight is 365 g/mol. The van der Waals surface area contributed by atoms with Crippen molar-refractivity contribution in [1.82, 2.24) is 9.97 Å². The second-order valence-electron chi connectivity index (χ2n) is 6.75. The molecule has 3 aromatic rings. The molecule has 0 atom stereocenters. The van der Waals surface area contributed by atoms with Crippen LogP contribution < -0.4 is 4.72 Å². The van der Waals surface area contributed by atoms with Crippen LogP contribution in [0.3, 0.4) is 0 Å². The Kier molecular flexibility index (Phi) is 4.03. The Balaban J connectivity index is 1.96. The van der Waals surface area contributed by atoms with E-state index in [9.17, 15) is 17.2 Å². The SMILES string of the molecule is CC(C)(C)c1nc2ccc(NS(=O)(=O)c3ccc(F)cc3F)cc2[nH]1. The van der Waals surface area contributed by atoms with Crippen LogP contribution in [0, 0.1) is 11.6 Å². The fourth-order valence-corrected chi connectivity index (χ4v) is 3.44. The van der Waals surface area contributed by atoms with Crippen molar-refractivity contribution < 1.29 is 17.2 Å². The summed E-state index contributed by atoms with van der Waals surface area (Å²) in [4.78, 5) is 7.00. The third kappa shape index (κ3) is 3.48. The van der Waals surface area contributed by atoms with E-state index >= 15 is 0 Å². The quantitative estimate of drug-likeness (QED) is 0.738. The Morgan fingerprint density at radius 3 is 2.44 bits per heavy atom. The van der Waals surface area contributed by atoms with E-state index in [1.165, 1.54) is 6.07 Å². The lowest BCUT2D eigenvalue weighted by molar-refractivity contribution is 0.551. The molecule has 0 fully saturated rings. The highest BCUT2D eigenvalue weighted by atomic mass is 32.2. The molecule has 0 amide bonds. The average Bonchev–Trinajstić information content (AvgIpc) is 2.89. The van der Waals surface area contributed by atoms with Gasteiger partial charge in [-0.25, -0.2) is 22.2 Å². The van der Waals surface area contributed by atoms with Gasteiger partial charge >= 0.3 is 0 Å². The summed E-state index contributed by atoms with van der Waals surface area (Å²) in [5, 5.41) is 0. The fraction of sp³-hybridized carbons (Fsp3) is 0.235. The number of nitrogens with one attached hydrogen (secondary N) is 2. The summed E-state index contributed by atoms with van der Waals surface area (Å²) in [5.41, 5.74) is 1.42. The van der Waals surface area contributed by atoms with Crippen LogP contribution in [0.15, 0.2) is 41.3 Å². The first-order chi connectivity index (χ1) is 11.6. The number of benzene rings is 2. The predicted molar refractivity (Wildman–Crippen MR) is 92.0 cm³/mol. The van der Waals surface area contributed by atoms with Crippen LogP contribution in [0.2, 0.25) is 0 Å². The molecule has 0 saturated heterocycles. The van der Waals surface area contributed by atoms with E-state index in [0.29, 0.717) is 17.1 Å². The van der Waals surface area contributed by atoms with Gasteiger partial charge in [0, 0.05) is 11.5 Å². The smallest absolute Gasteiger partial charge is 0.264 e. The number of fused-ring (bicyclic) bond motifs is 1. The van der Waals surface area contributed by atoms with E-state index in [-0.39, 0.29) is 11.1 Å². The maximum Gasteiger partial charge on any atom is 0.264 e. The molecule has 2 aromatic carbocycles. The predicted octanol–water partition coefficient (Wildman–Crippen LogP) is 3.94. The van der Waals surface area contributed by atoms with Crippen molar-refractivity contribution in [2.45, 2.75) is 31.1 Å². The number of H-pyrrole nitrogens is 1. The van der Waals surface area contributed by atoms with Crippen LogP contribution in [0.5, 0.6) is 0 Å². The van der Waals surface area contributed by atoms with E-state index in [0.717, 1.165) is 18.0 Å².